The summed E-state index contributed by atoms with van der Waals surface area (Å²) in [5, 5.41) is 1.44. The van der Waals surface area contributed by atoms with Crippen LogP contribution >= 0.6 is 0 Å². The van der Waals surface area contributed by atoms with Crippen LogP contribution in [-0.4, -0.2) is 4.98 Å². The molecule has 0 amide bonds. The SMILES string of the molecule is Nc1ccncc1-c1ccc(F)c2ccccc12. The molecule has 0 fully saturated rings. The van der Waals surface area contributed by atoms with Gasteiger partial charge in [0.25, 0.3) is 0 Å². The molecule has 2 N–H and O–H groups in total. The molecule has 2 aromatic carbocycles. The molecule has 3 aromatic rings. The van der Waals surface area contributed by atoms with E-state index in [1.807, 2.05) is 18.2 Å². The van der Waals surface area contributed by atoms with Crippen molar-refractivity contribution in [1.82, 2.24) is 4.98 Å². The van der Waals surface area contributed by atoms with Gasteiger partial charge in [-0.05, 0) is 23.1 Å². The molecule has 2 nitrogen and oxygen atoms in total. The van der Waals surface area contributed by atoms with Crippen LogP contribution in [0.4, 0.5) is 10.1 Å². The number of fused-ring (bicyclic) bond motifs is 1. The summed E-state index contributed by atoms with van der Waals surface area (Å²) in [5.74, 6) is -0.225. The summed E-state index contributed by atoms with van der Waals surface area (Å²) in [6.45, 7) is 0. The molecule has 0 saturated heterocycles. The molecule has 0 aliphatic heterocycles. The molecule has 18 heavy (non-hydrogen) atoms. The number of anilines is 1. The molecule has 0 radical (unpaired) electrons. The van der Waals surface area contributed by atoms with Gasteiger partial charge >= 0.3 is 0 Å². The number of rotatable bonds is 1. The predicted octanol–water partition coefficient (Wildman–Crippen LogP) is 3.62. The van der Waals surface area contributed by atoms with E-state index in [0.717, 1.165) is 16.5 Å². The highest BCUT2D eigenvalue weighted by atomic mass is 19.1. The summed E-state index contributed by atoms with van der Waals surface area (Å²) in [6.07, 6.45) is 3.35. The Morgan fingerprint density at radius 2 is 1.67 bits per heavy atom. The second kappa shape index (κ2) is 4.11. The molecular weight excluding hydrogens is 227 g/mol. The molecule has 0 unspecified atom stereocenters. The van der Waals surface area contributed by atoms with E-state index in [2.05, 4.69) is 4.98 Å². The van der Waals surface area contributed by atoms with Gasteiger partial charge in [-0.25, -0.2) is 4.39 Å². The Balaban J connectivity index is 2.38. The van der Waals surface area contributed by atoms with Crippen molar-refractivity contribution in [3.05, 3.63) is 60.7 Å². The summed E-state index contributed by atoms with van der Waals surface area (Å²) < 4.78 is 13.7. The molecule has 3 heteroatoms. The van der Waals surface area contributed by atoms with Gasteiger partial charge in [0.15, 0.2) is 0 Å². The molecule has 0 bridgehead atoms. The van der Waals surface area contributed by atoms with Gasteiger partial charge in [-0.1, -0.05) is 30.3 Å². The Morgan fingerprint density at radius 3 is 2.44 bits per heavy atom. The van der Waals surface area contributed by atoms with Crippen LogP contribution in [0.15, 0.2) is 54.9 Å². The lowest BCUT2D eigenvalue weighted by Gasteiger charge is -2.09. The molecular formula is C15H11FN2. The highest BCUT2D eigenvalue weighted by Gasteiger charge is 2.09. The van der Waals surface area contributed by atoms with E-state index in [-0.39, 0.29) is 5.82 Å². The monoisotopic (exact) mass is 238 g/mol. The van der Waals surface area contributed by atoms with Gasteiger partial charge in [-0.15, -0.1) is 0 Å². The maximum Gasteiger partial charge on any atom is 0.131 e. The Morgan fingerprint density at radius 1 is 0.889 bits per heavy atom. The highest BCUT2D eigenvalue weighted by molar-refractivity contribution is 5.99. The molecule has 0 aliphatic carbocycles. The normalized spacial score (nSPS) is 10.7. The van der Waals surface area contributed by atoms with E-state index in [4.69, 9.17) is 5.73 Å². The third kappa shape index (κ3) is 1.61. The van der Waals surface area contributed by atoms with Crippen LogP contribution in [0.1, 0.15) is 0 Å². The van der Waals surface area contributed by atoms with Crippen molar-refractivity contribution >= 4 is 16.5 Å². The Labute approximate surface area is 104 Å². The third-order valence-corrected chi connectivity index (χ3v) is 3.02. The van der Waals surface area contributed by atoms with Crippen LogP contribution in [0.25, 0.3) is 21.9 Å². The fourth-order valence-corrected chi connectivity index (χ4v) is 2.13. The largest absolute Gasteiger partial charge is 0.398 e. The minimum atomic E-state index is -0.225. The van der Waals surface area contributed by atoms with E-state index in [1.54, 1.807) is 30.6 Å². The number of hydrogen-bond donors (Lipinski definition) is 1. The van der Waals surface area contributed by atoms with Crippen molar-refractivity contribution in [3.8, 4) is 11.1 Å². The molecule has 0 atom stereocenters. The van der Waals surface area contributed by atoms with Crippen LogP contribution in [0.2, 0.25) is 0 Å². The number of pyridine rings is 1. The highest BCUT2D eigenvalue weighted by Crippen LogP contribution is 2.32. The Kier molecular flexibility index (Phi) is 2.45. The van der Waals surface area contributed by atoms with Gasteiger partial charge in [0.1, 0.15) is 5.82 Å². The number of nitrogens with two attached hydrogens (primary N) is 1. The average molecular weight is 238 g/mol. The quantitative estimate of drug-likeness (QED) is 0.703. The number of benzene rings is 2. The van der Waals surface area contributed by atoms with E-state index in [9.17, 15) is 4.39 Å². The second-order valence-corrected chi connectivity index (χ2v) is 4.10. The number of nitrogens with zero attached hydrogens (tertiary/aromatic N) is 1. The lowest BCUT2D eigenvalue weighted by atomic mass is 9.98. The number of nitrogen functional groups attached to an aromatic ring is 1. The Hall–Kier alpha value is -2.42. The van der Waals surface area contributed by atoms with Crippen LogP contribution in [-0.2, 0) is 0 Å². The molecule has 0 aliphatic rings. The summed E-state index contributed by atoms with van der Waals surface area (Å²) in [6, 6.07) is 12.3. The summed E-state index contributed by atoms with van der Waals surface area (Å²) in [7, 11) is 0. The molecule has 3 rings (SSSR count). The smallest absolute Gasteiger partial charge is 0.131 e. The lowest BCUT2D eigenvalue weighted by molar-refractivity contribution is 0.640. The van der Waals surface area contributed by atoms with Crippen LogP contribution in [0, 0.1) is 5.82 Å². The fourth-order valence-electron chi connectivity index (χ4n) is 2.13. The van der Waals surface area contributed by atoms with Gasteiger partial charge in [0.05, 0.1) is 0 Å². The zero-order valence-electron chi connectivity index (χ0n) is 9.60. The van der Waals surface area contributed by atoms with Crippen molar-refractivity contribution in [2.75, 3.05) is 5.73 Å². The van der Waals surface area contributed by atoms with E-state index < -0.39 is 0 Å². The van der Waals surface area contributed by atoms with Crippen molar-refractivity contribution in [1.29, 1.82) is 0 Å². The summed E-state index contributed by atoms with van der Waals surface area (Å²) in [4.78, 5) is 4.08. The van der Waals surface area contributed by atoms with Crippen molar-refractivity contribution in [2.45, 2.75) is 0 Å². The fraction of sp³-hybridized carbons (Fsp3) is 0. The summed E-state index contributed by atoms with van der Waals surface area (Å²) >= 11 is 0. The lowest BCUT2D eigenvalue weighted by Crippen LogP contribution is -1.92. The molecule has 1 heterocycles. The van der Waals surface area contributed by atoms with Crippen molar-refractivity contribution < 1.29 is 4.39 Å². The maximum atomic E-state index is 13.7. The first-order chi connectivity index (χ1) is 8.77. The average Bonchev–Trinajstić information content (AvgIpc) is 2.41. The van der Waals surface area contributed by atoms with Crippen LogP contribution in [0.3, 0.4) is 0 Å². The van der Waals surface area contributed by atoms with Crippen LogP contribution in [0.5, 0.6) is 0 Å². The van der Waals surface area contributed by atoms with Gasteiger partial charge in [-0.3, -0.25) is 4.98 Å². The van der Waals surface area contributed by atoms with E-state index in [0.29, 0.717) is 11.1 Å². The van der Waals surface area contributed by atoms with E-state index >= 15 is 0 Å². The zero-order valence-corrected chi connectivity index (χ0v) is 9.60. The van der Waals surface area contributed by atoms with Gasteiger partial charge in [0, 0.05) is 29.0 Å². The molecule has 0 saturated carbocycles. The first-order valence-corrected chi connectivity index (χ1v) is 5.64. The van der Waals surface area contributed by atoms with Gasteiger partial charge in [0.2, 0.25) is 0 Å². The third-order valence-electron chi connectivity index (χ3n) is 3.02. The topological polar surface area (TPSA) is 38.9 Å². The molecule has 88 valence electrons. The first-order valence-electron chi connectivity index (χ1n) is 5.64. The van der Waals surface area contributed by atoms with Gasteiger partial charge in [-0.2, -0.15) is 0 Å². The second-order valence-electron chi connectivity index (χ2n) is 4.10. The maximum absolute atomic E-state index is 13.7. The van der Waals surface area contributed by atoms with Crippen molar-refractivity contribution in [2.24, 2.45) is 0 Å². The Bertz CT molecular complexity index is 723. The van der Waals surface area contributed by atoms with Gasteiger partial charge < -0.3 is 5.73 Å². The standard InChI is InChI=1S/C15H11FN2/c16-14-6-5-11(10-3-1-2-4-12(10)14)13-9-18-8-7-15(13)17/h1-9H,(H2,17,18). The zero-order chi connectivity index (χ0) is 12.5. The number of aromatic nitrogens is 1. The molecule has 1 aromatic heterocycles. The van der Waals surface area contributed by atoms with E-state index in [1.165, 1.54) is 6.07 Å². The van der Waals surface area contributed by atoms with Crippen LogP contribution < -0.4 is 5.73 Å². The number of halogens is 1. The summed E-state index contributed by atoms with van der Waals surface area (Å²) in [5.41, 5.74) is 8.32. The first kappa shape index (κ1) is 10.7. The van der Waals surface area contributed by atoms with Crippen molar-refractivity contribution in [3.63, 3.8) is 0 Å². The predicted molar refractivity (Wildman–Crippen MR) is 71.5 cm³/mol. The number of hydrogen-bond acceptors (Lipinski definition) is 2. The minimum absolute atomic E-state index is 0.225. The molecule has 0 spiro atoms. The minimum Gasteiger partial charge on any atom is -0.398 e.